The summed E-state index contributed by atoms with van der Waals surface area (Å²) in [5.74, 6) is 0. The number of hydrogen-bond donors (Lipinski definition) is 0. The van der Waals surface area contributed by atoms with Crippen molar-refractivity contribution in [1.29, 1.82) is 0 Å². The molecule has 18 heavy (non-hydrogen) atoms. The lowest BCUT2D eigenvalue weighted by atomic mass is 10.0. The Morgan fingerprint density at radius 3 is 2.83 bits per heavy atom. The lowest BCUT2D eigenvalue weighted by Gasteiger charge is -2.20. The van der Waals surface area contributed by atoms with E-state index in [9.17, 15) is 4.79 Å². The van der Waals surface area contributed by atoms with Crippen LogP contribution in [0.25, 0.3) is 10.8 Å². The fourth-order valence-corrected chi connectivity index (χ4v) is 2.85. The summed E-state index contributed by atoms with van der Waals surface area (Å²) in [5.41, 5.74) is 1.33. The van der Waals surface area contributed by atoms with Crippen LogP contribution in [0, 0.1) is 0 Å². The van der Waals surface area contributed by atoms with Crippen molar-refractivity contribution >= 4 is 17.2 Å². The van der Waals surface area contributed by atoms with Gasteiger partial charge in [-0.3, -0.25) is 4.79 Å². The summed E-state index contributed by atoms with van der Waals surface area (Å²) < 4.78 is 0. The maximum atomic E-state index is 10.9. The Morgan fingerprint density at radius 1 is 1.17 bits per heavy atom. The van der Waals surface area contributed by atoms with Gasteiger partial charge in [-0.2, -0.15) is 0 Å². The van der Waals surface area contributed by atoms with Gasteiger partial charge in [0.1, 0.15) is 0 Å². The molecule has 1 saturated heterocycles. The molecule has 2 aromatic rings. The van der Waals surface area contributed by atoms with Gasteiger partial charge in [0.05, 0.1) is 0 Å². The molecule has 2 heteroatoms. The van der Waals surface area contributed by atoms with E-state index in [0.717, 1.165) is 32.2 Å². The first-order valence-electron chi connectivity index (χ1n) is 6.55. The van der Waals surface area contributed by atoms with Crippen LogP contribution in [0.5, 0.6) is 0 Å². The number of fused-ring (bicyclic) bond motifs is 1. The summed E-state index contributed by atoms with van der Waals surface area (Å²) in [6.07, 6.45) is 4.24. The zero-order valence-electron chi connectivity index (χ0n) is 10.4. The molecule has 0 radical (unpaired) electrons. The summed E-state index contributed by atoms with van der Waals surface area (Å²) in [7, 11) is 0. The van der Waals surface area contributed by atoms with Crippen LogP contribution in [0.4, 0.5) is 0 Å². The molecule has 1 amide bonds. The molecular formula is C16H17NO. The van der Waals surface area contributed by atoms with E-state index in [1.807, 2.05) is 4.90 Å². The van der Waals surface area contributed by atoms with Crippen LogP contribution in [0.2, 0.25) is 0 Å². The largest absolute Gasteiger partial charge is 0.342 e. The summed E-state index contributed by atoms with van der Waals surface area (Å²) in [4.78, 5) is 12.9. The number of rotatable bonds is 3. The van der Waals surface area contributed by atoms with E-state index in [-0.39, 0.29) is 0 Å². The van der Waals surface area contributed by atoms with Gasteiger partial charge in [-0.1, -0.05) is 42.5 Å². The Morgan fingerprint density at radius 2 is 2.00 bits per heavy atom. The highest BCUT2D eigenvalue weighted by atomic mass is 16.1. The van der Waals surface area contributed by atoms with E-state index in [1.54, 1.807) is 0 Å². The second-order valence-corrected chi connectivity index (χ2v) is 5.02. The van der Waals surface area contributed by atoms with E-state index >= 15 is 0 Å². The van der Waals surface area contributed by atoms with Crippen molar-refractivity contribution in [1.82, 2.24) is 4.90 Å². The highest BCUT2D eigenvalue weighted by molar-refractivity contribution is 5.83. The highest BCUT2D eigenvalue weighted by Crippen LogP contribution is 2.22. The van der Waals surface area contributed by atoms with Gasteiger partial charge in [0.25, 0.3) is 0 Å². The third-order valence-corrected chi connectivity index (χ3v) is 3.84. The van der Waals surface area contributed by atoms with Gasteiger partial charge >= 0.3 is 0 Å². The first-order chi connectivity index (χ1) is 8.86. The van der Waals surface area contributed by atoms with Gasteiger partial charge in [-0.15, -0.1) is 0 Å². The Bertz CT molecular complexity index is 564. The third-order valence-electron chi connectivity index (χ3n) is 3.84. The zero-order chi connectivity index (χ0) is 12.4. The zero-order valence-corrected chi connectivity index (χ0v) is 10.4. The summed E-state index contributed by atoms with van der Waals surface area (Å²) >= 11 is 0. The minimum atomic E-state index is 0.392. The Balaban J connectivity index is 1.84. The lowest BCUT2D eigenvalue weighted by molar-refractivity contribution is -0.118. The third kappa shape index (κ3) is 2.10. The van der Waals surface area contributed by atoms with Gasteiger partial charge in [-0.05, 0) is 35.6 Å². The van der Waals surface area contributed by atoms with Crippen LogP contribution in [-0.2, 0) is 11.2 Å². The van der Waals surface area contributed by atoms with Crippen LogP contribution >= 0.6 is 0 Å². The van der Waals surface area contributed by atoms with E-state index in [0.29, 0.717) is 6.04 Å². The minimum Gasteiger partial charge on any atom is -0.342 e. The van der Waals surface area contributed by atoms with Gasteiger partial charge in [0.2, 0.25) is 6.41 Å². The molecule has 1 atom stereocenters. The number of nitrogens with zero attached hydrogens (tertiary/aromatic N) is 1. The molecule has 0 aromatic heterocycles. The topological polar surface area (TPSA) is 20.3 Å². The molecule has 92 valence electrons. The fraction of sp³-hybridized carbons (Fsp3) is 0.312. The molecule has 1 fully saturated rings. The number of carbonyl (C=O) groups is 1. The van der Waals surface area contributed by atoms with Crippen molar-refractivity contribution in [3.05, 3.63) is 48.0 Å². The molecule has 0 bridgehead atoms. The predicted octanol–water partition coefficient (Wildman–Crippen LogP) is 3.00. The van der Waals surface area contributed by atoms with Crippen molar-refractivity contribution in [2.24, 2.45) is 0 Å². The molecular weight excluding hydrogens is 222 g/mol. The quantitative estimate of drug-likeness (QED) is 0.754. The number of carbonyl (C=O) groups excluding carboxylic acids is 1. The number of likely N-dealkylation sites (tertiary alicyclic amines) is 1. The Labute approximate surface area is 107 Å². The van der Waals surface area contributed by atoms with Gasteiger partial charge in [0.15, 0.2) is 0 Å². The number of benzene rings is 2. The highest BCUT2D eigenvalue weighted by Gasteiger charge is 2.22. The van der Waals surface area contributed by atoms with Crippen LogP contribution < -0.4 is 0 Å². The van der Waals surface area contributed by atoms with E-state index in [4.69, 9.17) is 0 Å². The standard InChI is InChI=1S/C16H17NO/c18-12-17-9-3-6-16(17)11-13-7-8-14-4-1-2-5-15(14)10-13/h1-2,4-5,7-8,10,12,16H,3,6,9,11H2. The van der Waals surface area contributed by atoms with Gasteiger partial charge < -0.3 is 4.90 Å². The van der Waals surface area contributed by atoms with E-state index in [2.05, 4.69) is 42.5 Å². The fourth-order valence-electron chi connectivity index (χ4n) is 2.85. The summed E-state index contributed by atoms with van der Waals surface area (Å²) in [6, 6.07) is 15.4. The Kier molecular flexibility index (Phi) is 3.01. The second-order valence-electron chi connectivity index (χ2n) is 5.02. The maximum absolute atomic E-state index is 10.9. The van der Waals surface area contributed by atoms with Gasteiger partial charge in [-0.25, -0.2) is 0 Å². The minimum absolute atomic E-state index is 0.392. The first kappa shape index (κ1) is 11.3. The molecule has 2 aromatic carbocycles. The van der Waals surface area contributed by atoms with Gasteiger partial charge in [0, 0.05) is 12.6 Å². The monoisotopic (exact) mass is 239 g/mol. The molecule has 0 N–H and O–H groups in total. The molecule has 3 rings (SSSR count). The lowest BCUT2D eigenvalue weighted by Crippen LogP contribution is -2.29. The molecule has 2 nitrogen and oxygen atoms in total. The van der Waals surface area contributed by atoms with E-state index < -0.39 is 0 Å². The van der Waals surface area contributed by atoms with Crippen molar-refractivity contribution in [2.75, 3.05) is 6.54 Å². The summed E-state index contributed by atoms with van der Waals surface area (Å²) in [6.45, 7) is 0.918. The average Bonchev–Trinajstić information content (AvgIpc) is 2.86. The molecule has 1 aliphatic rings. The SMILES string of the molecule is O=CN1CCCC1Cc1ccc2ccccc2c1. The average molecular weight is 239 g/mol. The second kappa shape index (κ2) is 4.81. The number of amides is 1. The van der Waals surface area contributed by atoms with Crippen LogP contribution in [0.1, 0.15) is 18.4 Å². The van der Waals surface area contributed by atoms with Crippen LogP contribution in [0.15, 0.2) is 42.5 Å². The van der Waals surface area contributed by atoms with Crippen molar-refractivity contribution in [3.8, 4) is 0 Å². The Hall–Kier alpha value is -1.83. The molecule has 1 unspecified atom stereocenters. The predicted molar refractivity (Wildman–Crippen MR) is 73.4 cm³/mol. The molecule has 1 heterocycles. The molecule has 0 spiro atoms. The van der Waals surface area contributed by atoms with Crippen molar-refractivity contribution in [2.45, 2.75) is 25.3 Å². The van der Waals surface area contributed by atoms with Crippen molar-refractivity contribution < 1.29 is 4.79 Å². The normalized spacial score (nSPS) is 19.3. The van der Waals surface area contributed by atoms with Crippen LogP contribution in [-0.4, -0.2) is 23.9 Å². The van der Waals surface area contributed by atoms with Crippen LogP contribution in [0.3, 0.4) is 0 Å². The number of hydrogen-bond acceptors (Lipinski definition) is 1. The van der Waals surface area contributed by atoms with E-state index in [1.165, 1.54) is 16.3 Å². The smallest absolute Gasteiger partial charge is 0.209 e. The maximum Gasteiger partial charge on any atom is 0.209 e. The molecule has 0 aliphatic carbocycles. The molecule has 0 saturated carbocycles. The first-order valence-corrected chi connectivity index (χ1v) is 6.55. The molecule has 1 aliphatic heterocycles. The van der Waals surface area contributed by atoms with Crippen molar-refractivity contribution in [3.63, 3.8) is 0 Å². The summed E-state index contributed by atoms with van der Waals surface area (Å²) in [5, 5.41) is 2.56.